The lowest BCUT2D eigenvalue weighted by Gasteiger charge is -2.35. The van der Waals surface area contributed by atoms with Crippen molar-refractivity contribution in [2.45, 2.75) is 45.3 Å². The largest absolute Gasteiger partial charge is 0.444 e. The predicted octanol–water partition coefficient (Wildman–Crippen LogP) is 4.96. The monoisotopic (exact) mass is 393 g/mol. The lowest BCUT2D eigenvalue weighted by molar-refractivity contribution is 0.0497. The molecule has 1 saturated heterocycles. The molecule has 1 aromatic heterocycles. The van der Waals surface area contributed by atoms with Gasteiger partial charge in [0.15, 0.2) is 0 Å². The molecular formula is C19H24ClN3O2S. The third-order valence-electron chi connectivity index (χ3n) is 4.23. The summed E-state index contributed by atoms with van der Waals surface area (Å²) in [6.07, 6.45) is 3.19. The molecule has 0 unspecified atom stereocenters. The lowest BCUT2D eigenvalue weighted by Crippen LogP contribution is -2.46. The molecule has 5 nitrogen and oxygen atoms in total. The van der Waals surface area contributed by atoms with Crippen molar-refractivity contribution in [2.75, 3.05) is 18.0 Å². The van der Waals surface area contributed by atoms with E-state index >= 15 is 0 Å². The van der Waals surface area contributed by atoms with Crippen molar-refractivity contribution in [1.29, 1.82) is 0 Å². The molecule has 2 heterocycles. The van der Waals surface area contributed by atoms with E-state index in [4.69, 9.17) is 16.3 Å². The van der Waals surface area contributed by atoms with Crippen molar-refractivity contribution in [3.8, 4) is 10.4 Å². The summed E-state index contributed by atoms with van der Waals surface area (Å²) in [7, 11) is 0. The number of nitrogens with zero attached hydrogens (tertiary/aromatic N) is 2. The van der Waals surface area contributed by atoms with Crippen molar-refractivity contribution < 1.29 is 9.53 Å². The number of hydrogen-bond donors (Lipinski definition) is 1. The molecule has 1 N–H and O–H groups in total. The molecule has 140 valence electrons. The Labute approximate surface area is 163 Å². The number of aromatic nitrogens is 1. The number of rotatable bonds is 3. The zero-order valence-corrected chi connectivity index (χ0v) is 16.9. The van der Waals surface area contributed by atoms with E-state index in [0.29, 0.717) is 0 Å². The molecule has 1 aromatic carbocycles. The Hall–Kier alpha value is -1.79. The number of anilines is 1. The quantitative estimate of drug-likeness (QED) is 0.800. The maximum atomic E-state index is 12.0. The molecule has 1 fully saturated rings. The molecule has 1 aliphatic rings. The molecule has 7 heteroatoms. The number of hydrogen-bond acceptors (Lipinski definition) is 5. The Morgan fingerprint density at radius 3 is 2.65 bits per heavy atom. The Morgan fingerprint density at radius 1 is 1.31 bits per heavy atom. The highest BCUT2D eigenvalue weighted by Gasteiger charge is 2.25. The first-order valence-electron chi connectivity index (χ1n) is 8.77. The summed E-state index contributed by atoms with van der Waals surface area (Å²) in [6, 6.07) is 8.12. The third-order valence-corrected chi connectivity index (χ3v) is 5.31. The Kier molecular flexibility index (Phi) is 5.73. The van der Waals surface area contributed by atoms with E-state index in [0.717, 1.165) is 47.1 Å². The summed E-state index contributed by atoms with van der Waals surface area (Å²) in [5.74, 6) is 0. The summed E-state index contributed by atoms with van der Waals surface area (Å²) < 4.78 is 9.55. The number of amides is 1. The zero-order chi connectivity index (χ0) is 18.7. The zero-order valence-electron chi connectivity index (χ0n) is 15.3. The van der Waals surface area contributed by atoms with Crippen LogP contribution in [0.15, 0.2) is 30.5 Å². The molecule has 26 heavy (non-hydrogen) atoms. The summed E-state index contributed by atoms with van der Waals surface area (Å²) in [5.41, 5.74) is 1.68. The third kappa shape index (κ3) is 4.68. The van der Waals surface area contributed by atoms with Gasteiger partial charge in [0.05, 0.1) is 9.90 Å². The lowest BCUT2D eigenvalue weighted by atomic mass is 10.0. The van der Waals surface area contributed by atoms with E-state index in [1.807, 2.05) is 39.0 Å². The second kappa shape index (κ2) is 7.84. The van der Waals surface area contributed by atoms with Crippen molar-refractivity contribution >= 4 is 34.9 Å². The molecule has 3 rings (SSSR count). The number of halogens is 1. The van der Waals surface area contributed by atoms with Crippen molar-refractivity contribution in [2.24, 2.45) is 0 Å². The number of carbonyl (C=O) groups is 1. The van der Waals surface area contributed by atoms with Crippen LogP contribution in [0.25, 0.3) is 10.4 Å². The minimum absolute atomic E-state index is 0.132. The number of ether oxygens (including phenoxy) is 1. The van der Waals surface area contributed by atoms with Crippen LogP contribution in [0.2, 0.25) is 5.02 Å². The van der Waals surface area contributed by atoms with Gasteiger partial charge in [-0.3, -0.25) is 0 Å². The fourth-order valence-corrected chi connectivity index (χ4v) is 4.09. The summed E-state index contributed by atoms with van der Waals surface area (Å²) in [6.45, 7) is 7.32. The fraction of sp³-hybridized carbons (Fsp3) is 0.474. The van der Waals surface area contributed by atoms with E-state index in [-0.39, 0.29) is 12.1 Å². The van der Waals surface area contributed by atoms with Gasteiger partial charge in [-0.05, 0) is 63.3 Å². The molecule has 0 spiro atoms. The topological polar surface area (TPSA) is 54.5 Å². The Bertz CT molecular complexity index is 751. The van der Waals surface area contributed by atoms with Gasteiger partial charge in [-0.2, -0.15) is 0 Å². The van der Waals surface area contributed by atoms with Gasteiger partial charge in [-0.1, -0.05) is 17.7 Å². The summed E-state index contributed by atoms with van der Waals surface area (Å²) in [4.78, 5) is 15.4. The van der Waals surface area contributed by atoms with E-state index in [1.54, 1.807) is 6.20 Å². The van der Waals surface area contributed by atoms with Crippen LogP contribution in [-0.4, -0.2) is 35.2 Å². The summed E-state index contributed by atoms with van der Waals surface area (Å²) in [5, 5.41) is 3.72. The first-order chi connectivity index (χ1) is 12.3. The van der Waals surface area contributed by atoms with Crippen LogP contribution in [-0.2, 0) is 4.74 Å². The van der Waals surface area contributed by atoms with Crippen LogP contribution in [0.1, 0.15) is 33.6 Å². The number of carbonyl (C=O) groups excluding carboxylic acids is 1. The molecule has 0 bridgehead atoms. The highest BCUT2D eigenvalue weighted by molar-refractivity contribution is 7.09. The van der Waals surface area contributed by atoms with Crippen LogP contribution in [0.4, 0.5) is 10.5 Å². The average molecular weight is 394 g/mol. The smallest absolute Gasteiger partial charge is 0.407 e. The van der Waals surface area contributed by atoms with E-state index in [9.17, 15) is 4.79 Å². The van der Waals surface area contributed by atoms with Crippen LogP contribution in [0.3, 0.4) is 0 Å². The normalized spacial score (nSPS) is 15.8. The number of alkyl carbamates (subject to hydrolysis) is 1. The van der Waals surface area contributed by atoms with Crippen LogP contribution >= 0.6 is 23.1 Å². The number of benzene rings is 1. The van der Waals surface area contributed by atoms with Crippen molar-refractivity contribution in [3.05, 3.63) is 35.5 Å². The standard InChI is InChI=1S/C19H24ClN3O2S/c1-19(2,3)25-18(24)22-13-8-11-23(12-9-13)15-6-4-5-14(20)17(15)16-7-10-21-26-16/h4-7,10,13H,8-9,11-12H2,1-3H3,(H,22,24). The molecule has 1 amide bonds. The van der Waals surface area contributed by atoms with Gasteiger partial charge in [0, 0.05) is 36.6 Å². The Balaban J connectivity index is 1.66. The Morgan fingerprint density at radius 2 is 2.04 bits per heavy atom. The first-order valence-corrected chi connectivity index (χ1v) is 9.92. The molecular weight excluding hydrogens is 370 g/mol. The first kappa shape index (κ1) is 19.0. The highest BCUT2D eigenvalue weighted by Crippen LogP contribution is 2.39. The second-order valence-corrected chi connectivity index (χ2v) is 8.66. The SMILES string of the molecule is CC(C)(C)OC(=O)NC1CCN(c2cccc(Cl)c2-c2ccns2)CC1. The van der Waals surface area contributed by atoms with Crippen LogP contribution in [0, 0.1) is 0 Å². The predicted molar refractivity (Wildman–Crippen MR) is 107 cm³/mol. The molecule has 0 saturated carbocycles. The van der Waals surface area contributed by atoms with Gasteiger partial charge in [-0.25, -0.2) is 9.17 Å². The van der Waals surface area contributed by atoms with Crippen LogP contribution in [0.5, 0.6) is 0 Å². The minimum atomic E-state index is -0.477. The van der Waals surface area contributed by atoms with Gasteiger partial charge in [0.2, 0.25) is 0 Å². The maximum Gasteiger partial charge on any atom is 0.407 e. The highest BCUT2D eigenvalue weighted by atomic mass is 35.5. The number of nitrogens with one attached hydrogen (secondary N) is 1. The minimum Gasteiger partial charge on any atom is -0.444 e. The molecule has 1 aliphatic heterocycles. The van der Waals surface area contributed by atoms with E-state index < -0.39 is 5.60 Å². The second-order valence-electron chi connectivity index (χ2n) is 7.42. The average Bonchev–Trinajstić information content (AvgIpc) is 3.07. The van der Waals surface area contributed by atoms with E-state index in [1.165, 1.54) is 11.5 Å². The summed E-state index contributed by atoms with van der Waals surface area (Å²) >= 11 is 7.93. The maximum absolute atomic E-state index is 12.0. The van der Waals surface area contributed by atoms with Gasteiger partial charge >= 0.3 is 6.09 Å². The van der Waals surface area contributed by atoms with Gasteiger partial charge in [0.1, 0.15) is 5.60 Å². The van der Waals surface area contributed by atoms with Crippen molar-refractivity contribution in [3.63, 3.8) is 0 Å². The molecule has 0 atom stereocenters. The van der Waals surface area contributed by atoms with E-state index in [2.05, 4.69) is 20.7 Å². The van der Waals surface area contributed by atoms with Crippen LogP contribution < -0.4 is 10.2 Å². The molecule has 0 radical (unpaired) electrons. The molecule has 0 aliphatic carbocycles. The van der Waals surface area contributed by atoms with Gasteiger partial charge in [-0.15, -0.1) is 0 Å². The fourth-order valence-electron chi connectivity index (χ4n) is 3.10. The van der Waals surface area contributed by atoms with Gasteiger partial charge in [0.25, 0.3) is 0 Å². The van der Waals surface area contributed by atoms with Gasteiger partial charge < -0.3 is 15.0 Å². The number of piperidine rings is 1. The van der Waals surface area contributed by atoms with Crippen molar-refractivity contribution in [1.82, 2.24) is 9.69 Å². The molecule has 2 aromatic rings.